The first-order chi connectivity index (χ1) is 10.6. The van der Waals surface area contributed by atoms with E-state index < -0.39 is 16.3 Å². The highest BCUT2D eigenvalue weighted by atomic mass is 32.2. The Morgan fingerprint density at radius 2 is 1.82 bits per heavy atom. The van der Waals surface area contributed by atoms with Crippen molar-refractivity contribution in [3.8, 4) is 0 Å². The van der Waals surface area contributed by atoms with Crippen LogP contribution in [0.3, 0.4) is 0 Å². The second-order valence-corrected chi connectivity index (χ2v) is 9.29. The van der Waals surface area contributed by atoms with Crippen molar-refractivity contribution >= 4 is 27.9 Å². The van der Waals surface area contributed by atoms with E-state index in [0.29, 0.717) is 37.2 Å². The normalized spacial score (nSPS) is 28.5. The average Bonchev–Trinajstić information content (AvgIpc) is 3.25. The Hall–Kier alpha value is -0.310. The van der Waals surface area contributed by atoms with Gasteiger partial charge < -0.3 is 5.32 Å². The lowest BCUT2D eigenvalue weighted by Crippen LogP contribution is -2.52. The van der Waals surface area contributed by atoms with Gasteiger partial charge in [0.25, 0.3) is 10.2 Å². The fourth-order valence-electron chi connectivity index (χ4n) is 2.97. The van der Waals surface area contributed by atoms with Crippen molar-refractivity contribution in [3.63, 3.8) is 0 Å². The summed E-state index contributed by atoms with van der Waals surface area (Å²) >= 11 is 1.52. The van der Waals surface area contributed by atoms with Gasteiger partial charge in [0.1, 0.15) is 6.04 Å². The molecular formula is C14H25N3O3S2. The Bertz CT molecular complexity index is 499. The van der Waals surface area contributed by atoms with Crippen molar-refractivity contribution in [2.75, 3.05) is 31.3 Å². The van der Waals surface area contributed by atoms with Gasteiger partial charge in [-0.1, -0.05) is 12.8 Å². The summed E-state index contributed by atoms with van der Waals surface area (Å²) in [5.41, 5.74) is 0. The standard InChI is InChI=1S/C14H25N3O3S2/c18-14(15-9-12-5-6-12)13-10-21-11-17(13)22(19,20)16-7-3-1-2-4-8-16/h12-13H,1-11H2,(H,15,18). The Morgan fingerprint density at radius 3 is 2.45 bits per heavy atom. The first-order valence-corrected chi connectivity index (χ1v) is 10.8. The molecule has 3 rings (SSSR count). The summed E-state index contributed by atoms with van der Waals surface area (Å²) < 4.78 is 28.7. The smallest absolute Gasteiger partial charge is 0.283 e. The molecule has 2 saturated heterocycles. The first-order valence-electron chi connectivity index (χ1n) is 8.21. The molecule has 22 heavy (non-hydrogen) atoms. The third-order valence-corrected chi connectivity index (χ3v) is 7.76. The van der Waals surface area contributed by atoms with Gasteiger partial charge in [-0.15, -0.1) is 11.8 Å². The van der Waals surface area contributed by atoms with Gasteiger partial charge in [0.2, 0.25) is 5.91 Å². The third kappa shape index (κ3) is 3.77. The largest absolute Gasteiger partial charge is 0.354 e. The highest BCUT2D eigenvalue weighted by Gasteiger charge is 2.42. The summed E-state index contributed by atoms with van der Waals surface area (Å²) in [7, 11) is -3.52. The van der Waals surface area contributed by atoms with Gasteiger partial charge in [-0.05, 0) is 31.6 Å². The highest BCUT2D eigenvalue weighted by molar-refractivity contribution is 8.00. The molecule has 1 saturated carbocycles. The van der Waals surface area contributed by atoms with Crippen LogP contribution >= 0.6 is 11.8 Å². The van der Waals surface area contributed by atoms with Crippen molar-refractivity contribution in [1.29, 1.82) is 0 Å². The summed E-state index contributed by atoms with van der Waals surface area (Å²) in [6.07, 6.45) is 6.36. The van der Waals surface area contributed by atoms with E-state index in [4.69, 9.17) is 0 Å². The molecular weight excluding hydrogens is 322 g/mol. The minimum atomic E-state index is -3.52. The number of amides is 1. The number of hydrogen-bond acceptors (Lipinski definition) is 4. The molecule has 0 aromatic rings. The van der Waals surface area contributed by atoms with Crippen molar-refractivity contribution in [3.05, 3.63) is 0 Å². The third-order valence-electron chi connectivity index (χ3n) is 4.59. The number of carbonyl (C=O) groups is 1. The molecule has 1 aliphatic carbocycles. The van der Waals surface area contributed by atoms with Crippen LogP contribution in [0.1, 0.15) is 38.5 Å². The molecule has 1 N–H and O–H groups in total. The fourth-order valence-corrected chi connectivity index (χ4v) is 6.35. The zero-order valence-electron chi connectivity index (χ0n) is 12.9. The Labute approximate surface area is 137 Å². The maximum absolute atomic E-state index is 12.9. The number of carbonyl (C=O) groups excluding carboxylic acids is 1. The molecule has 3 fully saturated rings. The van der Waals surface area contributed by atoms with Crippen LogP contribution in [0.15, 0.2) is 0 Å². The van der Waals surface area contributed by atoms with Crippen LogP contribution in [0.2, 0.25) is 0 Å². The van der Waals surface area contributed by atoms with E-state index in [1.807, 2.05) is 0 Å². The number of hydrogen-bond donors (Lipinski definition) is 1. The molecule has 1 unspecified atom stereocenters. The van der Waals surface area contributed by atoms with Crippen LogP contribution in [0.25, 0.3) is 0 Å². The minimum Gasteiger partial charge on any atom is -0.354 e. The number of rotatable bonds is 5. The summed E-state index contributed by atoms with van der Waals surface area (Å²) in [5, 5.41) is 2.93. The van der Waals surface area contributed by atoms with E-state index in [0.717, 1.165) is 25.7 Å². The lowest BCUT2D eigenvalue weighted by Gasteiger charge is -2.29. The quantitative estimate of drug-likeness (QED) is 0.806. The monoisotopic (exact) mass is 347 g/mol. The van der Waals surface area contributed by atoms with Crippen molar-refractivity contribution in [2.24, 2.45) is 5.92 Å². The molecule has 3 aliphatic rings. The summed E-state index contributed by atoms with van der Waals surface area (Å²) in [5.74, 6) is 1.42. The second kappa shape index (κ2) is 7.07. The molecule has 1 amide bonds. The summed E-state index contributed by atoms with van der Waals surface area (Å²) in [4.78, 5) is 12.3. The minimum absolute atomic E-state index is 0.129. The zero-order valence-corrected chi connectivity index (χ0v) is 14.5. The molecule has 0 aromatic heterocycles. The lowest BCUT2D eigenvalue weighted by molar-refractivity contribution is -0.123. The van der Waals surface area contributed by atoms with Crippen molar-refractivity contribution in [1.82, 2.24) is 13.9 Å². The fraction of sp³-hybridized carbons (Fsp3) is 0.929. The predicted octanol–water partition coefficient (Wildman–Crippen LogP) is 1.01. The summed E-state index contributed by atoms with van der Waals surface area (Å²) in [6, 6.07) is -0.544. The first kappa shape index (κ1) is 16.5. The number of nitrogens with one attached hydrogen (secondary N) is 1. The number of thioether (sulfide) groups is 1. The molecule has 126 valence electrons. The van der Waals surface area contributed by atoms with Gasteiger partial charge in [0.15, 0.2) is 0 Å². The Kier molecular flexibility index (Phi) is 5.31. The van der Waals surface area contributed by atoms with Gasteiger partial charge in [0.05, 0.1) is 5.88 Å². The van der Waals surface area contributed by atoms with Gasteiger partial charge in [-0.3, -0.25) is 4.79 Å². The SMILES string of the molecule is O=C(NCC1CC1)C1CSCN1S(=O)(=O)N1CCCCCC1. The van der Waals surface area contributed by atoms with Crippen LogP contribution in [-0.2, 0) is 15.0 Å². The molecule has 8 heteroatoms. The summed E-state index contributed by atoms with van der Waals surface area (Å²) in [6.45, 7) is 1.86. The molecule has 0 spiro atoms. The van der Waals surface area contributed by atoms with Crippen molar-refractivity contribution < 1.29 is 13.2 Å². The number of nitrogens with zero attached hydrogens (tertiary/aromatic N) is 2. The van der Waals surface area contributed by atoms with Gasteiger partial charge in [0, 0.05) is 25.4 Å². The van der Waals surface area contributed by atoms with Crippen molar-refractivity contribution in [2.45, 2.75) is 44.6 Å². The molecule has 6 nitrogen and oxygen atoms in total. The van der Waals surface area contributed by atoms with E-state index in [1.54, 1.807) is 4.31 Å². The maximum Gasteiger partial charge on any atom is 0.283 e. The average molecular weight is 348 g/mol. The molecule has 2 heterocycles. The van der Waals surface area contributed by atoms with Gasteiger partial charge in [-0.2, -0.15) is 17.0 Å². The van der Waals surface area contributed by atoms with Gasteiger partial charge >= 0.3 is 0 Å². The van der Waals surface area contributed by atoms with E-state index in [9.17, 15) is 13.2 Å². The van der Waals surface area contributed by atoms with E-state index in [2.05, 4.69) is 5.32 Å². The highest BCUT2D eigenvalue weighted by Crippen LogP contribution is 2.29. The Morgan fingerprint density at radius 1 is 1.14 bits per heavy atom. The predicted molar refractivity (Wildman–Crippen MR) is 87.6 cm³/mol. The molecule has 0 aromatic carbocycles. The molecule has 0 bridgehead atoms. The van der Waals surface area contributed by atoms with Gasteiger partial charge in [-0.25, -0.2) is 0 Å². The maximum atomic E-state index is 12.9. The van der Waals surface area contributed by atoms with Crippen LogP contribution in [0, 0.1) is 5.92 Å². The van der Waals surface area contributed by atoms with E-state index in [1.165, 1.54) is 28.9 Å². The Balaban J connectivity index is 1.65. The molecule has 2 aliphatic heterocycles. The van der Waals surface area contributed by atoms with Crippen LogP contribution < -0.4 is 5.32 Å². The molecule has 0 radical (unpaired) electrons. The zero-order chi connectivity index (χ0) is 15.6. The lowest BCUT2D eigenvalue weighted by atomic mass is 10.2. The topological polar surface area (TPSA) is 69.7 Å². The van der Waals surface area contributed by atoms with Crippen LogP contribution in [-0.4, -0.2) is 60.2 Å². The molecule has 1 atom stereocenters. The van der Waals surface area contributed by atoms with Crippen LogP contribution in [0.5, 0.6) is 0 Å². The second-order valence-electron chi connectivity index (χ2n) is 6.41. The van der Waals surface area contributed by atoms with E-state index in [-0.39, 0.29) is 5.91 Å². The van der Waals surface area contributed by atoms with Crippen LogP contribution in [0.4, 0.5) is 0 Å². The van der Waals surface area contributed by atoms with E-state index >= 15 is 0 Å².